The SMILES string of the molecule is C/C=C(C)/C=C/c1ccoc1. The quantitative estimate of drug-likeness (QED) is 0.587. The second-order valence-corrected chi connectivity index (χ2v) is 2.42. The Kier molecular flexibility index (Phi) is 2.73. The smallest absolute Gasteiger partial charge is 0.0974 e. The summed E-state index contributed by atoms with van der Waals surface area (Å²) in [5.41, 5.74) is 2.36. The normalized spacial score (nSPS) is 12.7. The van der Waals surface area contributed by atoms with Crippen LogP contribution < -0.4 is 0 Å². The second kappa shape index (κ2) is 3.81. The maximum atomic E-state index is 4.91. The fraction of sp³-hybridized carbons (Fsp3) is 0.200. The van der Waals surface area contributed by atoms with E-state index in [1.54, 1.807) is 12.5 Å². The van der Waals surface area contributed by atoms with E-state index in [4.69, 9.17) is 4.42 Å². The van der Waals surface area contributed by atoms with Crippen molar-refractivity contribution in [1.82, 2.24) is 0 Å². The Labute approximate surface area is 67.0 Å². The molecule has 0 atom stereocenters. The van der Waals surface area contributed by atoms with Gasteiger partial charge in [0.25, 0.3) is 0 Å². The summed E-state index contributed by atoms with van der Waals surface area (Å²) in [4.78, 5) is 0. The van der Waals surface area contributed by atoms with Crippen LogP contribution in [0.5, 0.6) is 0 Å². The predicted octanol–water partition coefficient (Wildman–Crippen LogP) is 3.26. The third-order valence-electron chi connectivity index (χ3n) is 1.54. The van der Waals surface area contributed by atoms with Gasteiger partial charge in [0.05, 0.1) is 12.5 Å². The van der Waals surface area contributed by atoms with Gasteiger partial charge < -0.3 is 4.42 Å². The molecule has 0 aliphatic rings. The van der Waals surface area contributed by atoms with Gasteiger partial charge >= 0.3 is 0 Å². The van der Waals surface area contributed by atoms with Gasteiger partial charge in [0.2, 0.25) is 0 Å². The Morgan fingerprint density at radius 2 is 2.36 bits per heavy atom. The molecule has 0 unspecified atom stereocenters. The van der Waals surface area contributed by atoms with Gasteiger partial charge in [0.1, 0.15) is 0 Å². The van der Waals surface area contributed by atoms with E-state index in [1.807, 2.05) is 19.1 Å². The second-order valence-electron chi connectivity index (χ2n) is 2.42. The van der Waals surface area contributed by atoms with Crippen LogP contribution in [0.2, 0.25) is 0 Å². The van der Waals surface area contributed by atoms with Crippen molar-refractivity contribution in [1.29, 1.82) is 0 Å². The third-order valence-corrected chi connectivity index (χ3v) is 1.54. The summed E-state index contributed by atoms with van der Waals surface area (Å²) in [5.74, 6) is 0. The standard InChI is InChI=1S/C10H12O/c1-3-9(2)4-5-10-6-7-11-8-10/h3-8H,1-2H3/b5-4+,9-3+. The van der Waals surface area contributed by atoms with Crippen molar-refractivity contribution in [2.45, 2.75) is 13.8 Å². The molecule has 1 aromatic heterocycles. The van der Waals surface area contributed by atoms with Crippen molar-refractivity contribution in [3.8, 4) is 0 Å². The molecule has 1 aromatic rings. The molecule has 0 aromatic carbocycles. The highest BCUT2D eigenvalue weighted by molar-refractivity contribution is 5.50. The van der Waals surface area contributed by atoms with Gasteiger partial charge in [-0.05, 0) is 19.9 Å². The molecule has 1 nitrogen and oxygen atoms in total. The minimum Gasteiger partial charge on any atom is -0.472 e. The van der Waals surface area contributed by atoms with Crippen LogP contribution in [0.25, 0.3) is 6.08 Å². The Morgan fingerprint density at radius 3 is 2.91 bits per heavy atom. The molecule has 0 saturated heterocycles. The molecule has 0 fully saturated rings. The van der Waals surface area contributed by atoms with Crippen LogP contribution in [-0.2, 0) is 0 Å². The zero-order valence-electron chi connectivity index (χ0n) is 6.87. The van der Waals surface area contributed by atoms with E-state index in [2.05, 4.69) is 19.1 Å². The van der Waals surface area contributed by atoms with Crippen LogP contribution >= 0.6 is 0 Å². The predicted molar refractivity (Wildman–Crippen MR) is 47.2 cm³/mol. The lowest BCUT2D eigenvalue weighted by atomic mass is 10.2. The monoisotopic (exact) mass is 148 g/mol. The lowest BCUT2D eigenvalue weighted by molar-refractivity contribution is 0.567. The average molecular weight is 148 g/mol. The van der Waals surface area contributed by atoms with E-state index in [-0.39, 0.29) is 0 Å². The summed E-state index contributed by atoms with van der Waals surface area (Å²) in [6.45, 7) is 4.09. The van der Waals surface area contributed by atoms with E-state index in [1.165, 1.54) is 5.57 Å². The zero-order chi connectivity index (χ0) is 8.10. The van der Waals surface area contributed by atoms with Gasteiger partial charge in [-0.3, -0.25) is 0 Å². The van der Waals surface area contributed by atoms with Gasteiger partial charge in [-0.25, -0.2) is 0 Å². The van der Waals surface area contributed by atoms with Gasteiger partial charge in [-0.15, -0.1) is 0 Å². The molecule has 0 amide bonds. The summed E-state index contributed by atoms with van der Waals surface area (Å²) in [7, 11) is 0. The molecule has 1 heteroatoms. The molecule has 58 valence electrons. The first-order chi connectivity index (χ1) is 5.33. The Balaban J connectivity index is 2.63. The molecule has 0 bridgehead atoms. The summed E-state index contributed by atoms with van der Waals surface area (Å²) in [5, 5.41) is 0. The fourth-order valence-corrected chi connectivity index (χ4v) is 0.694. The number of allylic oxidation sites excluding steroid dienone is 3. The molecule has 0 aliphatic carbocycles. The lowest BCUT2D eigenvalue weighted by Gasteiger charge is -1.85. The van der Waals surface area contributed by atoms with Crippen LogP contribution in [0.3, 0.4) is 0 Å². The highest BCUT2D eigenvalue weighted by Crippen LogP contribution is 2.04. The largest absolute Gasteiger partial charge is 0.472 e. The fourth-order valence-electron chi connectivity index (χ4n) is 0.694. The van der Waals surface area contributed by atoms with Crippen LogP contribution in [0, 0.1) is 0 Å². The number of hydrogen-bond acceptors (Lipinski definition) is 1. The Hall–Kier alpha value is -1.24. The van der Waals surface area contributed by atoms with Gasteiger partial charge in [0, 0.05) is 5.56 Å². The highest BCUT2D eigenvalue weighted by Gasteiger charge is 1.85. The lowest BCUT2D eigenvalue weighted by Crippen LogP contribution is -1.64. The molecule has 0 aliphatic heterocycles. The van der Waals surface area contributed by atoms with Crippen LogP contribution in [0.15, 0.2) is 40.7 Å². The number of furan rings is 1. The van der Waals surface area contributed by atoms with E-state index < -0.39 is 0 Å². The van der Waals surface area contributed by atoms with Crippen molar-refractivity contribution >= 4 is 6.08 Å². The zero-order valence-corrected chi connectivity index (χ0v) is 6.87. The number of rotatable bonds is 2. The average Bonchev–Trinajstić information content (AvgIpc) is 2.52. The van der Waals surface area contributed by atoms with Crippen molar-refractivity contribution in [3.63, 3.8) is 0 Å². The van der Waals surface area contributed by atoms with Crippen LogP contribution in [-0.4, -0.2) is 0 Å². The van der Waals surface area contributed by atoms with Crippen LogP contribution in [0.1, 0.15) is 19.4 Å². The Morgan fingerprint density at radius 1 is 1.55 bits per heavy atom. The molecule has 1 heterocycles. The summed E-state index contributed by atoms with van der Waals surface area (Å²) in [6.07, 6.45) is 9.55. The molecule has 0 spiro atoms. The molecular formula is C10H12O. The van der Waals surface area contributed by atoms with Crippen molar-refractivity contribution in [2.24, 2.45) is 0 Å². The van der Waals surface area contributed by atoms with E-state index in [0.29, 0.717) is 0 Å². The summed E-state index contributed by atoms with van der Waals surface area (Å²) < 4.78 is 4.91. The molecule has 0 N–H and O–H groups in total. The van der Waals surface area contributed by atoms with Gasteiger partial charge in [0.15, 0.2) is 0 Å². The summed E-state index contributed by atoms with van der Waals surface area (Å²) in [6, 6.07) is 1.93. The topological polar surface area (TPSA) is 13.1 Å². The van der Waals surface area contributed by atoms with Crippen molar-refractivity contribution in [2.75, 3.05) is 0 Å². The number of hydrogen-bond donors (Lipinski definition) is 0. The van der Waals surface area contributed by atoms with E-state index in [9.17, 15) is 0 Å². The first-order valence-corrected chi connectivity index (χ1v) is 3.66. The minimum absolute atomic E-state index is 1.10. The van der Waals surface area contributed by atoms with Gasteiger partial charge in [-0.1, -0.05) is 23.8 Å². The molecule has 0 saturated carbocycles. The Bertz CT molecular complexity index is 252. The summed E-state index contributed by atoms with van der Waals surface area (Å²) >= 11 is 0. The molecule has 0 radical (unpaired) electrons. The minimum atomic E-state index is 1.10. The van der Waals surface area contributed by atoms with E-state index >= 15 is 0 Å². The molecule has 11 heavy (non-hydrogen) atoms. The van der Waals surface area contributed by atoms with E-state index in [0.717, 1.165) is 5.56 Å². The van der Waals surface area contributed by atoms with Crippen molar-refractivity contribution in [3.05, 3.63) is 41.9 Å². The van der Waals surface area contributed by atoms with Crippen molar-refractivity contribution < 1.29 is 4.42 Å². The van der Waals surface area contributed by atoms with Crippen LogP contribution in [0.4, 0.5) is 0 Å². The van der Waals surface area contributed by atoms with Gasteiger partial charge in [-0.2, -0.15) is 0 Å². The first kappa shape index (κ1) is 7.86. The maximum Gasteiger partial charge on any atom is 0.0974 e. The molecular weight excluding hydrogens is 136 g/mol. The first-order valence-electron chi connectivity index (χ1n) is 3.66. The third kappa shape index (κ3) is 2.46. The maximum absolute atomic E-state index is 4.91. The molecule has 1 rings (SSSR count). The highest BCUT2D eigenvalue weighted by atomic mass is 16.3.